The molecule has 1 aliphatic heterocycles. The topological polar surface area (TPSA) is 46.4 Å². The molecular weight excluding hydrogens is 296 g/mol. The second kappa shape index (κ2) is 5.36. The predicted molar refractivity (Wildman–Crippen MR) is 74.4 cm³/mol. The van der Waals surface area contributed by atoms with Gasteiger partial charge in [0.05, 0.1) is 9.40 Å². The number of likely N-dealkylation sites (tertiary alicyclic amines) is 1. The Balaban J connectivity index is 2.11. The maximum absolute atomic E-state index is 10.9. The quantitative estimate of drug-likeness (QED) is 0.634. The summed E-state index contributed by atoms with van der Waals surface area (Å²) in [6.07, 6.45) is 0. The summed E-state index contributed by atoms with van der Waals surface area (Å²) in [6.45, 7) is 7.46. The van der Waals surface area contributed by atoms with Crippen LogP contribution in [0.4, 0.5) is 5.69 Å². The first-order chi connectivity index (χ1) is 8.47. The molecule has 0 N–H and O–H groups in total. The largest absolute Gasteiger partial charge is 0.299 e. The molecule has 0 aliphatic carbocycles. The van der Waals surface area contributed by atoms with Gasteiger partial charge in [-0.3, -0.25) is 15.0 Å². The lowest BCUT2D eigenvalue weighted by Gasteiger charge is -2.15. The molecule has 0 radical (unpaired) electrons. The lowest BCUT2D eigenvalue weighted by atomic mass is 10.0. The molecule has 2 atom stereocenters. The van der Waals surface area contributed by atoms with Gasteiger partial charge in [-0.2, -0.15) is 0 Å². The summed E-state index contributed by atoms with van der Waals surface area (Å²) in [5.74, 6) is 1.41. The van der Waals surface area contributed by atoms with Gasteiger partial charge in [-0.15, -0.1) is 0 Å². The van der Waals surface area contributed by atoms with E-state index in [9.17, 15) is 10.1 Å². The van der Waals surface area contributed by atoms with Gasteiger partial charge in [0.15, 0.2) is 0 Å². The van der Waals surface area contributed by atoms with Gasteiger partial charge in [-0.25, -0.2) is 0 Å². The monoisotopic (exact) mass is 312 g/mol. The summed E-state index contributed by atoms with van der Waals surface area (Å²) < 4.78 is 0.541. The molecule has 0 spiro atoms. The summed E-state index contributed by atoms with van der Waals surface area (Å²) in [4.78, 5) is 12.9. The number of nitro benzene ring substituents is 1. The van der Waals surface area contributed by atoms with Crippen molar-refractivity contribution in [2.75, 3.05) is 13.1 Å². The molecule has 0 bridgehead atoms. The molecule has 1 aromatic carbocycles. The molecule has 2 rings (SSSR count). The van der Waals surface area contributed by atoms with Crippen LogP contribution in [0, 0.1) is 22.0 Å². The minimum Gasteiger partial charge on any atom is -0.299 e. The van der Waals surface area contributed by atoms with E-state index in [1.807, 2.05) is 6.07 Å². The van der Waals surface area contributed by atoms with Crippen LogP contribution in [0.2, 0.25) is 0 Å². The van der Waals surface area contributed by atoms with Crippen LogP contribution in [0.3, 0.4) is 0 Å². The van der Waals surface area contributed by atoms with Crippen LogP contribution in [0.25, 0.3) is 0 Å². The maximum atomic E-state index is 10.9. The third-order valence-electron chi connectivity index (χ3n) is 3.68. The molecule has 0 amide bonds. The van der Waals surface area contributed by atoms with Crippen LogP contribution in [0.1, 0.15) is 19.4 Å². The highest BCUT2D eigenvalue weighted by atomic mass is 79.9. The van der Waals surface area contributed by atoms with Gasteiger partial charge in [-0.05, 0) is 39.4 Å². The average molecular weight is 313 g/mol. The fourth-order valence-electron chi connectivity index (χ4n) is 2.43. The molecule has 1 saturated heterocycles. The van der Waals surface area contributed by atoms with Crippen molar-refractivity contribution >= 4 is 21.6 Å². The molecule has 5 heteroatoms. The van der Waals surface area contributed by atoms with Crippen LogP contribution in [0.15, 0.2) is 22.7 Å². The zero-order valence-electron chi connectivity index (χ0n) is 10.6. The van der Waals surface area contributed by atoms with Crippen molar-refractivity contribution in [1.29, 1.82) is 0 Å². The summed E-state index contributed by atoms with van der Waals surface area (Å²) in [5, 5.41) is 10.9. The van der Waals surface area contributed by atoms with Crippen molar-refractivity contribution < 1.29 is 4.92 Å². The normalized spacial score (nSPS) is 24.4. The Kier molecular flexibility index (Phi) is 4.02. The molecule has 1 aromatic rings. The Bertz CT molecular complexity index is 454. The van der Waals surface area contributed by atoms with Gasteiger partial charge in [0, 0.05) is 25.7 Å². The summed E-state index contributed by atoms with van der Waals surface area (Å²) in [7, 11) is 0. The predicted octanol–water partition coefficient (Wildman–Crippen LogP) is 3.45. The third-order valence-corrected chi connectivity index (χ3v) is 4.35. The van der Waals surface area contributed by atoms with Crippen molar-refractivity contribution in [1.82, 2.24) is 4.90 Å². The number of hydrogen-bond acceptors (Lipinski definition) is 3. The smallest absolute Gasteiger partial charge is 0.283 e. The van der Waals surface area contributed by atoms with E-state index in [0.717, 1.165) is 25.2 Å². The summed E-state index contributed by atoms with van der Waals surface area (Å²) in [6, 6.07) is 5.37. The standard InChI is InChI=1S/C13H17BrN2O2/c1-9-6-15(7-10(9)2)8-11-3-4-12(14)13(5-11)16(17)18/h3-5,9-10H,6-8H2,1-2H3. The Morgan fingerprint density at radius 2 is 2.00 bits per heavy atom. The molecule has 1 heterocycles. The number of nitro groups is 1. The number of nitrogens with zero attached hydrogens (tertiary/aromatic N) is 2. The zero-order chi connectivity index (χ0) is 13.3. The van der Waals surface area contributed by atoms with Gasteiger partial charge in [0.1, 0.15) is 0 Å². The molecule has 1 fully saturated rings. The van der Waals surface area contributed by atoms with E-state index in [-0.39, 0.29) is 10.6 Å². The van der Waals surface area contributed by atoms with Crippen molar-refractivity contribution in [3.8, 4) is 0 Å². The Morgan fingerprint density at radius 1 is 1.39 bits per heavy atom. The molecule has 98 valence electrons. The third kappa shape index (κ3) is 2.90. The Morgan fingerprint density at radius 3 is 2.56 bits per heavy atom. The van der Waals surface area contributed by atoms with E-state index in [2.05, 4.69) is 34.7 Å². The zero-order valence-corrected chi connectivity index (χ0v) is 12.2. The van der Waals surface area contributed by atoms with Crippen LogP contribution >= 0.6 is 15.9 Å². The molecule has 1 aliphatic rings. The van der Waals surface area contributed by atoms with E-state index >= 15 is 0 Å². The second-order valence-corrected chi connectivity index (χ2v) is 6.05. The summed E-state index contributed by atoms with van der Waals surface area (Å²) in [5.41, 5.74) is 1.15. The second-order valence-electron chi connectivity index (χ2n) is 5.19. The van der Waals surface area contributed by atoms with Gasteiger partial charge in [0.2, 0.25) is 0 Å². The fraction of sp³-hybridized carbons (Fsp3) is 0.538. The number of hydrogen-bond donors (Lipinski definition) is 0. The van der Waals surface area contributed by atoms with Crippen molar-refractivity contribution in [3.05, 3.63) is 38.3 Å². The maximum Gasteiger partial charge on any atom is 0.283 e. The highest BCUT2D eigenvalue weighted by molar-refractivity contribution is 9.10. The van der Waals surface area contributed by atoms with Crippen molar-refractivity contribution in [2.45, 2.75) is 20.4 Å². The highest BCUT2D eigenvalue weighted by Crippen LogP contribution is 2.28. The minimum atomic E-state index is -0.344. The van der Waals surface area contributed by atoms with Gasteiger partial charge in [-0.1, -0.05) is 19.9 Å². The van der Waals surface area contributed by atoms with Crippen LogP contribution in [-0.4, -0.2) is 22.9 Å². The van der Waals surface area contributed by atoms with Gasteiger partial charge in [0.25, 0.3) is 5.69 Å². The average Bonchev–Trinajstić information content (AvgIpc) is 2.60. The first-order valence-electron chi connectivity index (χ1n) is 6.12. The molecule has 0 saturated carbocycles. The van der Waals surface area contributed by atoms with Gasteiger partial charge < -0.3 is 0 Å². The molecule has 2 unspecified atom stereocenters. The molecule has 0 aromatic heterocycles. The van der Waals surface area contributed by atoms with Crippen molar-refractivity contribution in [2.24, 2.45) is 11.8 Å². The number of halogens is 1. The summed E-state index contributed by atoms with van der Waals surface area (Å²) >= 11 is 3.21. The van der Waals surface area contributed by atoms with E-state index < -0.39 is 0 Å². The van der Waals surface area contributed by atoms with Gasteiger partial charge >= 0.3 is 0 Å². The van der Waals surface area contributed by atoms with E-state index in [0.29, 0.717) is 16.3 Å². The molecule has 18 heavy (non-hydrogen) atoms. The van der Waals surface area contributed by atoms with Crippen molar-refractivity contribution in [3.63, 3.8) is 0 Å². The lowest BCUT2D eigenvalue weighted by Crippen LogP contribution is -2.20. The van der Waals surface area contributed by atoms with Crippen LogP contribution in [-0.2, 0) is 6.54 Å². The van der Waals surface area contributed by atoms with E-state index in [1.165, 1.54) is 0 Å². The Hall–Kier alpha value is -0.940. The Labute approximate surface area is 115 Å². The molecular formula is C13H17BrN2O2. The van der Waals surface area contributed by atoms with E-state index in [4.69, 9.17) is 0 Å². The van der Waals surface area contributed by atoms with Crippen LogP contribution in [0.5, 0.6) is 0 Å². The number of benzene rings is 1. The fourth-order valence-corrected chi connectivity index (χ4v) is 2.82. The molecule has 4 nitrogen and oxygen atoms in total. The minimum absolute atomic E-state index is 0.146. The first kappa shape index (κ1) is 13.5. The first-order valence-corrected chi connectivity index (χ1v) is 6.92. The van der Waals surface area contributed by atoms with E-state index in [1.54, 1.807) is 12.1 Å². The highest BCUT2D eigenvalue weighted by Gasteiger charge is 2.26. The lowest BCUT2D eigenvalue weighted by molar-refractivity contribution is -0.385. The SMILES string of the molecule is CC1CN(Cc2ccc(Br)c([N+](=O)[O-])c2)CC1C. The van der Waals surface area contributed by atoms with Crippen LogP contribution < -0.4 is 0 Å². The number of rotatable bonds is 3.